The largest absolute Gasteiger partial charge is 0.480 e. The maximum absolute atomic E-state index is 12.0. The van der Waals surface area contributed by atoms with Gasteiger partial charge in [-0.3, -0.25) is 4.79 Å². The van der Waals surface area contributed by atoms with Gasteiger partial charge in [-0.2, -0.15) is 0 Å². The van der Waals surface area contributed by atoms with E-state index in [1.165, 1.54) is 0 Å². The van der Waals surface area contributed by atoms with Gasteiger partial charge in [0.2, 0.25) is 5.91 Å². The number of carbonyl (C=O) groups is 2. The van der Waals surface area contributed by atoms with Crippen molar-refractivity contribution >= 4 is 11.9 Å². The van der Waals surface area contributed by atoms with E-state index in [2.05, 4.69) is 5.32 Å². The number of rotatable bonds is 5. The van der Waals surface area contributed by atoms with Gasteiger partial charge in [-0.1, -0.05) is 39.5 Å². The van der Waals surface area contributed by atoms with Crippen molar-refractivity contribution in [3.63, 3.8) is 0 Å². The smallest absolute Gasteiger partial charge is 0.329 e. The van der Waals surface area contributed by atoms with E-state index in [1.54, 1.807) is 0 Å². The maximum Gasteiger partial charge on any atom is 0.329 e. The summed E-state index contributed by atoms with van der Waals surface area (Å²) in [5.41, 5.74) is 4.75. The topological polar surface area (TPSA) is 92.4 Å². The summed E-state index contributed by atoms with van der Waals surface area (Å²) in [6, 6.07) is -0.631. The second-order valence-corrected chi connectivity index (χ2v) is 5.35. The number of carbonyl (C=O) groups excluding carboxylic acids is 1. The first kappa shape index (κ1) is 15.0. The Labute approximate surface area is 108 Å². The second kappa shape index (κ2) is 6.18. The molecule has 0 aromatic carbocycles. The third kappa shape index (κ3) is 3.22. The molecule has 0 spiro atoms. The van der Waals surface area contributed by atoms with E-state index < -0.39 is 17.6 Å². The average Bonchev–Trinajstić information content (AvgIpc) is 2.37. The molecule has 0 aliphatic heterocycles. The number of hydrogen-bond donors (Lipinski definition) is 3. The Hall–Kier alpha value is -1.10. The Morgan fingerprint density at radius 1 is 1.33 bits per heavy atom. The summed E-state index contributed by atoms with van der Waals surface area (Å²) >= 11 is 0. The Kier molecular flexibility index (Phi) is 5.14. The van der Waals surface area contributed by atoms with Gasteiger partial charge >= 0.3 is 5.97 Å². The highest BCUT2D eigenvalue weighted by Gasteiger charge is 2.42. The fraction of sp³-hybridized carbons (Fsp3) is 0.846. The third-order valence-corrected chi connectivity index (χ3v) is 4.04. The van der Waals surface area contributed by atoms with Crippen LogP contribution in [0.3, 0.4) is 0 Å². The molecule has 4 N–H and O–H groups in total. The highest BCUT2D eigenvalue weighted by molar-refractivity contribution is 5.89. The summed E-state index contributed by atoms with van der Waals surface area (Å²) < 4.78 is 0. The molecule has 104 valence electrons. The Bertz CT molecular complexity index is 311. The van der Waals surface area contributed by atoms with Crippen molar-refractivity contribution in [1.29, 1.82) is 0 Å². The van der Waals surface area contributed by atoms with Crippen LogP contribution in [0, 0.1) is 5.92 Å². The van der Waals surface area contributed by atoms with Crippen LogP contribution in [0.5, 0.6) is 0 Å². The lowest BCUT2D eigenvalue weighted by Crippen LogP contribution is -2.59. The number of carboxylic acid groups (broad SMARTS) is 1. The Morgan fingerprint density at radius 3 is 2.33 bits per heavy atom. The predicted octanol–water partition coefficient (Wildman–Crippen LogP) is 1.26. The number of amides is 1. The lowest BCUT2D eigenvalue weighted by Gasteiger charge is -2.35. The summed E-state index contributed by atoms with van der Waals surface area (Å²) in [6.07, 6.45) is 4.51. The summed E-state index contributed by atoms with van der Waals surface area (Å²) in [7, 11) is 0. The number of carboxylic acids is 1. The van der Waals surface area contributed by atoms with E-state index in [4.69, 9.17) is 5.73 Å². The zero-order chi connectivity index (χ0) is 13.8. The molecule has 2 atom stereocenters. The van der Waals surface area contributed by atoms with Crippen LogP contribution < -0.4 is 11.1 Å². The van der Waals surface area contributed by atoms with E-state index >= 15 is 0 Å². The highest BCUT2D eigenvalue weighted by Crippen LogP contribution is 2.28. The average molecular weight is 256 g/mol. The molecule has 1 fully saturated rings. The molecule has 0 radical (unpaired) electrons. The predicted molar refractivity (Wildman–Crippen MR) is 69.0 cm³/mol. The molecular formula is C13H24N2O3. The molecule has 1 saturated carbocycles. The molecule has 5 nitrogen and oxygen atoms in total. The molecular weight excluding hydrogens is 232 g/mol. The maximum atomic E-state index is 12.0. The SMILES string of the molecule is CC[C@H](C)[C@H](N)C(=O)NC1(C(=O)O)CCCCC1. The zero-order valence-corrected chi connectivity index (χ0v) is 11.2. The Morgan fingerprint density at radius 2 is 1.89 bits per heavy atom. The summed E-state index contributed by atoms with van der Waals surface area (Å²) in [5.74, 6) is -1.22. The molecule has 1 amide bonds. The highest BCUT2D eigenvalue weighted by atomic mass is 16.4. The van der Waals surface area contributed by atoms with Crippen LogP contribution in [-0.4, -0.2) is 28.6 Å². The van der Waals surface area contributed by atoms with Gasteiger partial charge < -0.3 is 16.2 Å². The quantitative estimate of drug-likeness (QED) is 0.690. The minimum Gasteiger partial charge on any atom is -0.480 e. The molecule has 0 bridgehead atoms. The standard InChI is InChI=1S/C13H24N2O3/c1-3-9(2)10(14)11(16)15-13(12(17)18)7-5-4-6-8-13/h9-10H,3-8,14H2,1-2H3,(H,15,16)(H,17,18)/t9-,10-/m0/s1. The van der Waals surface area contributed by atoms with Crippen molar-refractivity contribution in [2.45, 2.75) is 64.0 Å². The van der Waals surface area contributed by atoms with Crippen LogP contribution in [0.25, 0.3) is 0 Å². The lowest BCUT2D eigenvalue weighted by atomic mass is 9.81. The fourth-order valence-electron chi connectivity index (χ4n) is 2.38. The van der Waals surface area contributed by atoms with Gasteiger partial charge in [0.05, 0.1) is 6.04 Å². The normalized spacial score (nSPS) is 21.9. The van der Waals surface area contributed by atoms with Crippen LogP contribution >= 0.6 is 0 Å². The second-order valence-electron chi connectivity index (χ2n) is 5.35. The molecule has 1 aliphatic carbocycles. The van der Waals surface area contributed by atoms with Crippen molar-refractivity contribution in [2.24, 2.45) is 11.7 Å². The van der Waals surface area contributed by atoms with Gasteiger partial charge in [0.1, 0.15) is 5.54 Å². The summed E-state index contributed by atoms with van der Waals surface area (Å²) in [6.45, 7) is 3.87. The van der Waals surface area contributed by atoms with Gasteiger partial charge in [-0.25, -0.2) is 4.79 Å². The van der Waals surface area contributed by atoms with Gasteiger partial charge in [0.15, 0.2) is 0 Å². The lowest BCUT2D eigenvalue weighted by molar-refractivity contribution is -0.149. The van der Waals surface area contributed by atoms with Crippen molar-refractivity contribution < 1.29 is 14.7 Å². The zero-order valence-electron chi connectivity index (χ0n) is 11.2. The van der Waals surface area contributed by atoms with Crippen LogP contribution in [-0.2, 0) is 9.59 Å². The fourth-order valence-corrected chi connectivity index (χ4v) is 2.38. The molecule has 1 rings (SSSR count). The minimum absolute atomic E-state index is 0.0550. The molecule has 18 heavy (non-hydrogen) atoms. The van der Waals surface area contributed by atoms with E-state index in [0.29, 0.717) is 12.8 Å². The first-order valence-corrected chi connectivity index (χ1v) is 6.74. The minimum atomic E-state index is -1.10. The van der Waals surface area contributed by atoms with Gasteiger partial charge in [0.25, 0.3) is 0 Å². The Balaban J connectivity index is 2.72. The van der Waals surface area contributed by atoms with E-state index in [-0.39, 0.29) is 11.8 Å². The summed E-state index contributed by atoms with van der Waals surface area (Å²) in [4.78, 5) is 23.4. The number of nitrogens with one attached hydrogen (secondary N) is 1. The van der Waals surface area contributed by atoms with E-state index in [0.717, 1.165) is 25.7 Å². The number of aliphatic carboxylic acids is 1. The van der Waals surface area contributed by atoms with E-state index in [1.807, 2.05) is 13.8 Å². The number of hydrogen-bond acceptors (Lipinski definition) is 3. The van der Waals surface area contributed by atoms with Crippen LogP contribution in [0.4, 0.5) is 0 Å². The molecule has 0 aromatic heterocycles. The van der Waals surface area contributed by atoms with Crippen molar-refractivity contribution in [3.8, 4) is 0 Å². The van der Waals surface area contributed by atoms with Crippen LogP contribution in [0.2, 0.25) is 0 Å². The molecule has 0 heterocycles. The van der Waals surface area contributed by atoms with Crippen molar-refractivity contribution in [1.82, 2.24) is 5.32 Å². The van der Waals surface area contributed by atoms with Gasteiger partial charge in [-0.05, 0) is 18.8 Å². The monoisotopic (exact) mass is 256 g/mol. The van der Waals surface area contributed by atoms with Gasteiger partial charge in [0, 0.05) is 0 Å². The molecule has 0 saturated heterocycles. The molecule has 1 aliphatic rings. The molecule has 0 unspecified atom stereocenters. The van der Waals surface area contributed by atoms with Crippen molar-refractivity contribution in [3.05, 3.63) is 0 Å². The molecule has 5 heteroatoms. The summed E-state index contributed by atoms with van der Waals surface area (Å²) in [5, 5.41) is 12.0. The first-order valence-electron chi connectivity index (χ1n) is 6.74. The van der Waals surface area contributed by atoms with Crippen LogP contribution in [0.1, 0.15) is 52.4 Å². The molecule has 0 aromatic rings. The van der Waals surface area contributed by atoms with E-state index in [9.17, 15) is 14.7 Å². The van der Waals surface area contributed by atoms with Crippen molar-refractivity contribution in [2.75, 3.05) is 0 Å². The first-order chi connectivity index (χ1) is 8.43. The van der Waals surface area contributed by atoms with Crippen LogP contribution in [0.15, 0.2) is 0 Å². The third-order valence-electron chi connectivity index (χ3n) is 4.04. The number of nitrogens with two attached hydrogens (primary N) is 1. The van der Waals surface area contributed by atoms with Gasteiger partial charge in [-0.15, -0.1) is 0 Å².